The van der Waals surface area contributed by atoms with E-state index in [1.807, 2.05) is 0 Å². The molecule has 2 aliphatic rings. The summed E-state index contributed by atoms with van der Waals surface area (Å²) in [4.78, 5) is 0. The predicted octanol–water partition coefficient (Wildman–Crippen LogP) is 3.35. The Morgan fingerprint density at radius 1 is 1.19 bits per heavy atom. The van der Waals surface area contributed by atoms with Crippen molar-refractivity contribution in [1.29, 1.82) is 0 Å². The highest BCUT2D eigenvalue weighted by Crippen LogP contribution is 2.40. The van der Waals surface area contributed by atoms with Crippen molar-refractivity contribution >= 4 is 0 Å². The fourth-order valence-electron chi connectivity index (χ4n) is 2.75. The second kappa shape index (κ2) is 4.55. The van der Waals surface area contributed by atoms with Crippen LogP contribution in [0.5, 0.6) is 0 Å². The first-order valence-corrected chi connectivity index (χ1v) is 6.28. The molecule has 4 unspecified atom stereocenters. The molecule has 4 heteroatoms. The summed E-state index contributed by atoms with van der Waals surface area (Å²) in [6.07, 6.45) is -0.191. The van der Waals surface area contributed by atoms with Gasteiger partial charge in [-0.1, -0.05) is 19.8 Å². The highest BCUT2D eigenvalue weighted by molar-refractivity contribution is 4.89. The quantitative estimate of drug-likeness (QED) is 0.791. The smallest absolute Gasteiger partial charge is 0.313 e. The normalized spacial score (nSPS) is 39.8. The molecule has 0 bridgehead atoms. The molecular weight excluding hydrogens is 215 g/mol. The first kappa shape index (κ1) is 12.2. The monoisotopic (exact) mass is 235 g/mol. The van der Waals surface area contributed by atoms with Crippen molar-refractivity contribution in [2.24, 2.45) is 17.8 Å². The molecule has 0 heterocycles. The molecule has 0 aromatic rings. The van der Waals surface area contributed by atoms with Gasteiger partial charge < -0.3 is 5.32 Å². The van der Waals surface area contributed by atoms with Gasteiger partial charge in [-0.05, 0) is 37.6 Å². The van der Waals surface area contributed by atoms with Crippen LogP contribution in [0.2, 0.25) is 0 Å². The number of nitrogens with one attached hydrogen (secondary N) is 1. The number of hydrogen-bond acceptors (Lipinski definition) is 1. The Kier molecular flexibility index (Phi) is 3.48. The molecule has 0 radical (unpaired) electrons. The van der Waals surface area contributed by atoms with Gasteiger partial charge in [-0.15, -0.1) is 0 Å². The minimum Gasteiger partial charge on any atom is -0.313 e. The van der Waals surface area contributed by atoms with E-state index in [1.54, 1.807) is 0 Å². The maximum Gasteiger partial charge on any atom is 0.393 e. The molecule has 16 heavy (non-hydrogen) atoms. The van der Waals surface area contributed by atoms with E-state index in [0.717, 1.165) is 19.4 Å². The average Bonchev–Trinajstić information content (AvgIpc) is 2.91. The first-order chi connectivity index (χ1) is 7.48. The second-order valence-electron chi connectivity index (χ2n) is 5.42. The Morgan fingerprint density at radius 3 is 2.38 bits per heavy atom. The average molecular weight is 235 g/mol. The lowest BCUT2D eigenvalue weighted by atomic mass is 9.84. The molecule has 0 amide bonds. The van der Waals surface area contributed by atoms with E-state index < -0.39 is 12.1 Å². The summed E-state index contributed by atoms with van der Waals surface area (Å²) in [7, 11) is 0. The summed E-state index contributed by atoms with van der Waals surface area (Å²) in [5.41, 5.74) is 0. The molecule has 0 aromatic heterocycles. The van der Waals surface area contributed by atoms with Crippen molar-refractivity contribution in [3.8, 4) is 0 Å². The predicted molar refractivity (Wildman–Crippen MR) is 57.1 cm³/mol. The van der Waals surface area contributed by atoms with Gasteiger partial charge in [0.05, 0.1) is 5.92 Å². The Labute approximate surface area is 94.8 Å². The number of rotatable bonds is 3. The van der Waals surface area contributed by atoms with Crippen molar-refractivity contribution in [2.75, 3.05) is 6.54 Å². The lowest BCUT2D eigenvalue weighted by Gasteiger charge is -2.33. The molecule has 1 N–H and O–H groups in total. The molecule has 0 aromatic carbocycles. The molecule has 2 fully saturated rings. The molecule has 0 saturated heterocycles. The molecule has 0 spiro atoms. The second-order valence-corrected chi connectivity index (χ2v) is 5.42. The van der Waals surface area contributed by atoms with Gasteiger partial charge in [-0.3, -0.25) is 0 Å². The van der Waals surface area contributed by atoms with Crippen LogP contribution in [0, 0.1) is 17.8 Å². The van der Waals surface area contributed by atoms with Crippen LogP contribution in [0.1, 0.15) is 39.0 Å². The summed E-state index contributed by atoms with van der Waals surface area (Å²) in [5, 5.41) is 3.15. The lowest BCUT2D eigenvalue weighted by molar-refractivity contribution is -0.188. The van der Waals surface area contributed by atoms with E-state index in [-0.39, 0.29) is 6.04 Å². The van der Waals surface area contributed by atoms with Crippen molar-refractivity contribution in [1.82, 2.24) is 5.32 Å². The molecule has 4 atom stereocenters. The van der Waals surface area contributed by atoms with E-state index in [4.69, 9.17) is 0 Å². The highest BCUT2D eigenvalue weighted by Gasteiger charge is 2.45. The molecule has 2 aliphatic carbocycles. The van der Waals surface area contributed by atoms with E-state index >= 15 is 0 Å². The van der Waals surface area contributed by atoms with Gasteiger partial charge in [0.2, 0.25) is 0 Å². The Hall–Kier alpha value is -0.250. The zero-order valence-corrected chi connectivity index (χ0v) is 9.69. The summed E-state index contributed by atoms with van der Waals surface area (Å²) < 4.78 is 38.3. The molecule has 1 nitrogen and oxygen atoms in total. The van der Waals surface area contributed by atoms with Crippen LogP contribution >= 0.6 is 0 Å². The summed E-state index contributed by atoms with van der Waals surface area (Å²) in [5.74, 6) is 0.214. The van der Waals surface area contributed by atoms with Gasteiger partial charge in [0.15, 0.2) is 0 Å². The van der Waals surface area contributed by atoms with Crippen LogP contribution in [-0.4, -0.2) is 18.8 Å². The van der Waals surface area contributed by atoms with Crippen LogP contribution in [0.3, 0.4) is 0 Å². The van der Waals surface area contributed by atoms with Crippen molar-refractivity contribution in [3.63, 3.8) is 0 Å². The molecule has 0 aliphatic heterocycles. The van der Waals surface area contributed by atoms with E-state index in [9.17, 15) is 13.2 Å². The van der Waals surface area contributed by atoms with Gasteiger partial charge in [-0.2, -0.15) is 13.2 Å². The van der Waals surface area contributed by atoms with Gasteiger partial charge in [0.25, 0.3) is 0 Å². The third kappa shape index (κ3) is 2.90. The fraction of sp³-hybridized carbons (Fsp3) is 1.00. The third-order valence-electron chi connectivity index (χ3n) is 4.10. The maximum atomic E-state index is 12.8. The molecule has 2 saturated carbocycles. The number of alkyl halides is 3. The largest absolute Gasteiger partial charge is 0.393 e. The topological polar surface area (TPSA) is 12.0 Å². The SMILES string of the molecule is CC1CC1CNC1CCCCC1C(F)(F)F. The Bertz CT molecular complexity index is 239. The maximum absolute atomic E-state index is 12.8. The van der Waals surface area contributed by atoms with E-state index in [1.165, 1.54) is 6.42 Å². The standard InChI is InChI=1S/C12H20F3N/c1-8-6-9(8)7-16-11-5-3-2-4-10(11)12(13,14)15/h8-11,16H,2-7H2,1H3. The molecular formula is C12H20F3N. The Balaban J connectivity index is 1.84. The van der Waals surface area contributed by atoms with Gasteiger partial charge in [-0.25, -0.2) is 0 Å². The summed E-state index contributed by atoms with van der Waals surface area (Å²) in [6.45, 7) is 2.94. The zero-order valence-electron chi connectivity index (χ0n) is 9.69. The van der Waals surface area contributed by atoms with Crippen LogP contribution in [-0.2, 0) is 0 Å². The summed E-state index contributed by atoms with van der Waals surface area (Å²) >= 11 is 0. The van der Waals surface area contributed by atoms with Crippen LogP contribution < -0.4 is 5.32 Å². The number of halogens is 3. The highest BCUT2D eigenvalue weighted by atomic mass is 19.4. The van der Waals surface area contributed by atoms with Crippen molar-refractivity contribution in [2.45, 2.75) is 51.2 Å². The molecule has 2 rings (SSSR count). The van der Waals surface area contributed by atoms with Crippen LogP contribution in [0.15, 0.2) is 0 Å². The van der Waals surface area contributed by atoms with Crippen LogP contribution in [0.4, 0.5) is 13.2 Å². The summed E-state index contributed by atoms with van der Waals surface area (Å²) in [6, 6.07) is -0.332. The van der Waals surface area contributed by atoms with Gasteiger partial charge >= 0.3 is 6.18 Å². The minimum absolute atomic E-state index is 0.307. The fourth-order valence-corrected chi connectivity index (χ4v) is 2.75. The lowest BCUT2D eigenvalue weighted by Crippen LogP contribution is -2.46. The van der Waals surface area contributed by atoms with E-state index in [2.05, 4.69) is 12.2 Å². The van der Waals surface area contributed by atoms with Crippen molar-refractivity contribution < 1.29 is 13.2 Å². The van der Waals surface area contributed by atoms with Crippen LogP contribution in [0.25, 0.3) is 0 Å². The Morgan fingerprint density at radius 2 is 1.81 bits per heavy atom. The minimum atomic E-state index is -4.02. The first-order valence-electron chi connectivity index (χ1n) is 6.28. The van der Waals surface area contributed by atoms with E-state index in [0.29, 0.717) is 24.7 Å². The van der Waals surface area contributed by atoms with Crippen molar-refractivity contribution in [3.05, 3.63) is 0 Å². The third-order valence-corrected chi connectivity index (χ3v) is 4.10. The van der Waals surface area contributed by atoms with Gasteiger partial charge in [0, 0.05) is 6.04 Å². The zero-order chi connectivity index (χ0) is 11.8. The van der Waals surface area contributed by atoms with Gasteiger partial charge in [0.1, 0.15) is 0 Å². The number of hydrogen-bond donors (Lipinski definition) is 1. The molecule has 94 valence electrons.